The van der Waals surface area contributed by atoms with Gasteiger partial charge in [-0.15, -0.1) is 0 Å². The number of nitrogens with one attached hydrogen (secondary N) is 1. The van der Waals surface area contributed by atoms with Crippen molar-refractivity contribution in [3.05, 3.63) is 59.5 Å². The minimum atomic E-state index is -1.67. The maximum atomic E-state index is 15.4. The van der Waals surface area contributed by atoms with Gasteiger partial charge in [0.15, 0.2) is 0 Å². The number of alkyl halides is 1. The second kappa shape index (κ2) is 8.66. The maximum Gasteiger partial charge on any atom is 0.228 e. The van der Waals surface area contributed by atoms with Crippen LogP contribution in [0.1, 0.15) is 49.6 Å². The van der Waals surface area contributed by atoms with Crippen molar-refractivity contribution < 1.29 is 14.0 Å². The van der Waals surface area contributed by atoms with Crippen LogP contribution in [0.15, 0.2) is 42.7 Å². The number of hydrogen-bond acceptors (Lipinski definition) is 4. The fraction of sp³-hybridized carbons (Fsp3) is 0.444. The first-order valence-electron chi connectivity index (χ1n) is 12.2. The average Bonchev–Trinajstić information content (AvgIpc) is 3.42. The zero-order chi connectivity index (χ0) is 24.9. The number of rotatable bonds is 5. The Labute approximate surface area is 204 Å². The van der Waals surface area contributed by atoms with E-state index in [0.29, 0.717) is 6.54 Å². The van der Waals surface area contributed by atoms with Gasteiger partial charge in [0.2, 0.25) is 11.8 Å². The lowest BCUT2D eigenvalue weighted by Gasteiger charge is -2.37. The van der Waals surface area contributed by atoms with E-state index in [2.05, 4.69) is 38.8 Å². The molecule has 1 fully saturated rings. The van der Waals surface area contributed by atoms with E-state index in [4.69, 9.17) is 0 Å². The highest BCUT2D eigenvalue weighted by Crippen LogP contribution is 2.38. The second-order valence-corrected chi connectivity index (χ2v) is 10.3. The monoisotopic (exact) mass is 477 g/mol. The van der Waals surface area contributed by atoms with Gasteiger partial charge in [0.25, 0.3) is 0 Å². The Morgan fingerprint density at radius 3 is 2.69 bits per heavy atom. The summed E-state index contributed by atoms with van der Waals surface area (Å²) in [6.07, 6.45) is 6.23. The Morgan fingerprint density at radius 2 is 2.03 bits per heavy atom. The first-order valence-corrected chi connectivity index (χ1v) is 12.2. The lowest BCUT2D eigenvalue weighted by atomic mass is 9.90. The normalized spacial score (nSPS) is 18.9. The molecule has 0 spiro atoms. The predicted octanol–water partition coefficient (Wildman–Crippen LogP) is 4.11. The summed E-state index contributed by atoms with van der Waals surface area (Å²) in [5.41, 5.74) is 4.53. The van der Waals surface area contributed by atoms with Crippen molar-refractivity contribution in [1.82, 2.24) is 19.6 Å². The Hall–Kier alpha value is -3.42. The summed E-state index contributed by atoms with van der Waals surface area (Å²) in [6.45, 7) is 6.23. The maximum absolute atomic E-state index is 15.4. The van der Waals surface area contributed by atoms with E-state index in [1.54, 1.807) is 7.05 Å². The molecular formula is C27H32FN5O2. The molecule has 2 aliphatic heterocycles. The lowest BCUT2D eigenvalue weighted by Crippen LogP contribution is -2.44. The number of anilines is 2. The standard InChI is InChI=1S/C27H32FN5O2/c1-17-12-23-29-15-22-21(33(23)16-17)6-5-11-32(22)20-9-7-18(8-10-20)25(27(2,3)28)31(4)26(35)19-13-24(34)30-14-19/h7-10,12,15-16,19,25H,5-6,11,13-14H2,1-4H3,(H,30,34)/t19-,25+/m0/s1. The van der Waals surface area contributed by atoms with E-state index in [9.17, 15) is 9.59 Å². The number of fused-ring (bicyclic) bond motifs is 3. The van der Waals surface area contributed by atoms with Crippen LogP contribution in [0.2, 0.25) is 0 Å². The van der Waals surface area contributed by atoms with Crippen LogP contribution < -0.4 is 10.2 Å². The molecule has 3 aromatic rings. The highest BCUT2D eigenvalue weighted by molar-refractivity contribution is 5.89. The predicted molar refractivity (Wildman–Crippen MR) is 134 cm³/mol. The van der Waals surface area contributed by atoms with Crippen molar-refractivity contribution in [1.29, 1.82) is 0 Å². The van der Waals surface area contributed by atoms with Gasteiger partial charge in [-0.3, -0.25) is 9.59 Å². The summed E-state index contributed by atoms with van der Waals surface area (Å²) in [4.78, 5) is 33.0. The van der Waals surface area contributed by atoms with E-state index in [0.717, 1.165) is 42.0 Å². The fourth-order valence-electron chi connectivity index (χ4n) is 5.60. The van der Waals surface area contributed by atoms with E-state index in [1.807, 2.05) is 30.5 Å². The van der Waals surface area contributed by atoms with Crippen LogP contribution in [0.25, 0.3) is 5.65 Å². The van der Waals surface area contributed by atoms with Gasteiger partial charge in [-0.25, -0.2) is 9.37 Å². The van der Waals surface area contributed by atoms with Crippen LogP contribution in [0, 0.1) is 12.8 Å². The zero-order valence-electron chi connectivity index (χ0n) is 20.7. The van der Waals surface area contributed by atoms with Crippen LogP contribution in [0.5, 0.6) is 0 Å². The average molecular weight is 478 g/mol. The van der Waals surface area contributed by atoms with Gasteiger partial charge in [0.1, 0.15) is 11.3 Å². The van der Waals surface area contributed by atoms with Crippen molar-refractivity contribution in [2.24, 2.45) is 5.92 Å². The quantitative estimate of drug-likeness (QED) is 0.601. The van der Waals surface area contributed by atoms with Crippen molar-refractivity contribution in [3.8, 4) is 0 Å². The largest absolute Gasteiger partial charge is 0.355 e. The zero-order valence-corrected chi connectivity index (χ0v) is 20.7. The number of amides is 2. The molecule has 184 valence electrons. The highest BCUT2D eigenvalue weighted by Gasteiger charge is 2.40. The Balaban J connectivity index is 1.44. The van der Waals surface area contributed by atoms with E-state index in [1.165, 1.54) is 30.0 Å². The molecule has 1 aromatic carbocycles. The summed E-state index contributed by atoms with van der Waals surface area (Å²) < 4.78 is 17.6. The van der Waals surface area contributed by atoms with Crippen LogP contribution in [-0.2, 0) is 16.0 Å². The van der Waals surface area contributed by atoms with Crippen molar-refractivity contribution in [2.45, 2.75) is 51.7 Å². The molecule has 2 aromatic heterocycles. The van der Waals surface area contributed by atoms with Crippen molar-refractivity contribution in [3.63, 3.8) is 0 Å². The van der Waals surface area contributed by atoms with Gasteiger partial charge < -0.3 is 19.5 Å². The summed E-state index contributed by atoms with van der Waals surface area (Å²) in [5, 5.41) is 2.69. The van der Waals surface area contributed by atoms with Crippen molar-refractivity contribution in [2.75, 3.05) is 25.0 Å². The third-order valence-electron chi connectivity index (χ3n) is 7.16. The second-order valence-electron chi connectivity index (χ2n) is 10.3. The van der Waals surface area contributed by atoms with Gasteiger partial charge in [0, 0.05) is 44.1 Å². The molecule has 2 amide bonds. The summed E-state index contributed by atoms with van der Waals surface area (Å²) >= 11 is 0. The van der Waals surface area contributed by atoms with E-state index >= 15 is 4.39 Å². The van der Waals surface area contributed by atoms with Gasteiger partial charge in [-0.2, -0.15) is 0 Å². The molecule has 1 N–H and O–H groups in total. The SMILES string of the molecule is Cc1cc2ncc3c(n2c1)CCCN3c1ccc([C@@H](N(C)C(=O)[C@@H]2CNC(=O)C2)C(C)(C)F)cc1. The molecule has 2 aliphatic rings. The number of carbonyl (C=O) groups excluding carboxylic acids is 2. The van der Waals surface area contributed by atoms with E-state index in [-0.39, 0.29) is 18.2 Å². The number of aromatic nitrogens is 2. The van der Waals surface area contributed by atoms with Crippen molar-refractivity contribution >= 4 is 28.8 Å². The minimum absolute atomic E-state index is 0.138. The molecular weight excluding hydrogens is 445 g/mol. The number of hydrogen-bond donors (Lipinski definition) is 1. The Bertz CT molecular complexity index is 1280. The van der Waals surface area contributed by atoms with Crippen LogP contribution >= 0.6 is 0 Å². The molecule has 7 nitrogen and oxygen atoms in total. The van der Waals surface area contributed by atoms with Gasteiger partial charge in [0.05, 0.1) is 23.8 Å². The summed E-state index contributed by atoms with van der Waals surface area (Å²) in [5.74, 6) is -0.811. The minimum Gasteiger partial charge on any atom is -0.355 e. The highest BCUT2D eigenvalue weighted by atomic mass is 19.1. The van der Waals surface area contributed by atoms with Gasteiger partial charge in [-0.1, -0.05) is 12.1 Å². The Morgan fingerprint density at radius 1 is 1.29 bits per heavy atom. The molecule has 35 heavy (non-hydrogen) atoms. The molecule has 8 heteroatoms. The molecule has 0 aliphatic carbocycles. The fourth-order valence-corrected chi connectivity index (χ4v) is 5.60. The molecule has 0 bridgehead atoms. The molecule has 5 rings (SSSR count). The van der Waals surface area contributed by atoms with Crippen LogP contribution in [0.4, 0.5) is 15.8 Å². The number of halogens is 1. The third-order valence-corrected chi connectivity index (χ3v) is 7.16. The Kier molecular flexibility index (Phi) is 5.77. The summed E-state index contributed by atoms with van der Waals surface area (Å²) in [6, 6.07) is 9.12. The molecule has 0 radical (unpaired) electrons. The first kappa shape index (κ1) is 23.3. The molecule has 0 unspecified atom stereocenters. The summed E-state index contributed by atoms with van der Waals surface area (Å²) in [7, 11) is 1.63. The van der Waals surface area contributed by atoms with Gasteiger partial charge in [-0.05, 0) is 62.9 Å². The third kappa shape index (κ3) is 4.26. The molecule has 1 saturated heterocycles. The molecule has 4 heterocycles. The number of nitrogens with zero attached hydrogens (tertiary/aromatic N) is 4. The number of benzene rings is 1. The van der Waals surface area contributed by atoms with Crippen LogP contribution in [-0.4, -0.2) is 51.9 Å². The van der Waals surface area contributed by atoms with Gasteiger partial charge >= 0.3 is 0 Å². The molecule has 2 atom stereocenters. The molecule has 0 saturated carbocycles. The smallest absolute Gasteiger partial charge is 0.228 e. The number of aryl methyl sites for hydroxylation is 2. The topological polar surface area (TPSA) is 70.0 Å². The lowest BCUT2D eigenvalue weighted by molar-refractivity contribution is -0.139. The van der Waals surface area contributed by atoms with E-state index < -0.39 is 17.6 Å². The first-order chi connectivity index (χ1) is 16.6. The number of carbonyl (C=O) groups is 2. The van der Waals surface area contributed by atoms with Crippen LogP contribution in [0.3, 0.4) is 0 Å².